The summed E-state index contributed by atoms with van der Waals surface area (Å²) >= 11 is 0. The Morgan fingerprint density at radius 3 is 1.71 bits per heavy atom. The predicted molar refractivity (Wildman–Crippen MR) is 108 cm³/mol. The van der Waals surface area contributed by atoms with Crippen molar-refractivity contribution in [3.63, 3.8) is 0 Å². The van der Waals surface area contributed by atoms with Crippen molar-refractivity contribution in [2.75, 3.05) is 0 Å². The summed E-state index contributed by atoms with van der Waals surface area (Å²) in [5.74, 6) is 1.88. The van der Waals surface area contributed by atoms with Crippen LogP contribution in [0.1, 0.15) is 75.1 Å². The first kappa shape index (κ1) is 18.5. The van der Waals surface area contributed by atoms with E-state index >= 15 is 0 Å². The molecule has 0 amide bonds. The molecule has 0 heteroatoms. The molecule has 0 nitrogen and oxygen atoms in total. The lowest BCUT2D eigenvalue weighted by molar-refractivity contribution is 0.590. The molecule has 1 unspecified atom stereocenters. The lowest BCUT2D eigenvalue weighted by Crippen LogP contribution is -1.98. The summed E-state index contributed by atoms with van der Waals surface area (Å²) in [5, 5.41) is 0. The van der Waals surface area contributed by atoms with E-state index in [1.807, 2.05) is 0 Å². The minimum Gasteiger partial charge on any atom is -0.0837 e. The van der Waals surface area contributed by atoms with E-state index in [9.17, 15) is 0 Å². The van der Waals surface area contributed by atoms with E-state index in [2.05, 4.69) is 95.3 Å². The van der Waals surface area contributed by atoms with Crippen LogP contribution in [0.15, 0.2) is 54.6 Å². The second kappa shape index (κ2) is 8.87. The largest absolute Gasteiger partial charge is 0.0837 e. The molecular formula is C24H32. The van der Waals surface area contributed by atoms with Gasteiger partial charge in [-0.15, -0.1) is 0 Å². The van der Waals surface area contributed by atoms with E-state index in [0.29, 0.717) is 17.8 Å². The van der Waals surface area contributed by atoms with E-state index < -0.39 is 0 Å². The average molecular weight is 321 g/mol. The molecule has 2 aromatic rings. The van der Waals surface area contributed by atoms with Gasteiger partial charge < -0.3 is 0 Å². The van der Waals surface area contributed by atoms with Crippen molar-refractivity contribution in [1.29, 1.82) is 0 Å². The molecule has 0 saturated heterocycles. The van der Waals surface area contributed by atoms with Gasteiger partial charge >= 0.3 is 0 Å². The van der Waals surface area contributed by atoms with Crippen molar-refractivity contribution < 1.29 is 0 Å². The van der Waals surface area contributed by atoms with Crippen molar-refractivity contribution in [3.05, 3.63) is 76.9 Å². The second-order valence-electron chi connectivity index (χ2n) is 7.67. The van der Waals surface area contributed by atoms with Crippen LogP contribution in [0.3, 0.4) is 0 Å². The molecule has 2 rings (SSSR count). The molecule has 0 fully saturated rings. The highest BCUT2D eigenvalue weighted by molar-refractivity contribution is 5.49. The summed E-state index contributed by atoms with van der Waals surface area (Å²) in [4.78, 5) is 0. The zero-order chi connectivity index (χ0) is 17.5. The fourth-order valence-electron chi connectivity index (χ4n) is 2.95. The number of benzene rings is 2. The maximum atomic E-state index is 2.34. The standard InChI is InChI=1S/C24H32/c1-18(2)23-13-9-21(10-14-23)8-6-7-20(5)17-22-11-15-24(16-12-22)19(3)4/h6,8-16,18-20H,7,17H2,1-5H3. The van der Waals surface area contributed by atoms with Crippen LogP contribution in [-0.2, 0) is 6.42 Å². The van der Waals surface area contributed by atoms with Crippen LogP contribution in [0.5, 0.6) is 0 Å². The number of rotatable bonds is 7. The molecule has 0 saturated carbocycles. The first-order valence-corrected chi connectivity index (χ1v) is 9.31. The minimum absolute atomic E-state index is 0.602. The third-order valence-electron chi connectivity index (χ3n) is 4.68. The van der Waals surface area contributed by atoms with Crippen LogP contribution >= 0.6 is 0 Å². The molecule has 0 heterocycles. The van der Waals surface area contributed by atoms with E-state index in [-0.39, 0.29) is 0 Å². The van der Waals surface area contributed by atoms with E-state index in [1.54, 1.807) is 0 Å². The zero-order valence-electron chi connectivity index (χ0n) is 15.9. The molecule has 0 aliphatic rings. The Bertz CT molecular complexity index is 627. The Labute approximate surface area is 148 Å². The second-order valence-corrected chi connectivity index (χ2v) is 7.67. The Hall–Kier alpha value is -1.82. The summed E-state index contributed by atoms with van der Waals surface area (Å²) < 4.78 is 0. The van der Waals surface area contributed by atoms with Gasteiger partial charge in [-0.3, -0.25) is 0 Å². The van der Waals surface area contributed by atoms with Gasteiger partial charge in [0.15, 0.2) is 0 Å². The van der Waals surface area contributed by atoms with Gasteiger partial charge in [-0.1, -0.05) is 95.3 Å². The summed E-state index contributed by atoms with van der Waals surface area (Å²) in [6.45, 7) is 11.3. The van der Waals surface area contributed by atoms with Gasteiger partial charge in [-0.25, -0.2) is 0 Å². The van der Waals surface area contributed by atoms with Crippen LogP contribution in [0.2, 0.25) is 0 Å². The Morgan fingerprint density at radius 1 is 0.708 bits per heavy atom. The Balaban J connectivity index is 1.84. The number of allylic oxidation sites excluding steroid dienone is 1. The molecule has 0 N–H and O–H groups in total. The highest BCUT2D eigenvalue weighted by atomic mass is 14.1. The first-order chi connectivity index (χ1) is 11.5. The molecule has 0 bridgehead atoms. The fraction of sp³-hybridized carbons (Fsp3) is 0.417. The lowest BCUT2D eigenvalue weighted by Gasteiger charge is -2.11. The van der Waals surface area contributed by atoms with Gasteiger partial charge in [-0.2, -0.15) is 0 Å². The normalized spacial score (nSPS) is 13.1. The molecule has 128 valence electrons. The molecule has 2 aromatic carbocycles. The predicted octanol–water partition coefficient (Wildman–Crippen LogP) is 7.22. The van der Waals surface area contributed by atoms with E-state index in [1.165, 1.54) is 22.3 Å². The van der Waals surface area contributed by atoms with Gasteiger partial charge in [0, 0.05) is 0 Å². The Kier molecular flexibility index (Phi) is 6.85. The van der Waals surface area contributed by atoms with Gasteiger partial charge in [0.2, 0.25) is 0 Å². The van der Waals surface area contributed by atoms with Crippen LogP contribution < -0.4 is 0 Å². The summed E-state index contributed by atoms with van der Waals surface area (Å²) in [6, 6.07) is 18.1. The zero-order valence-corrected chi connectivity index (χ0v) is 15.9. The van der Waals surface area contributed by atoms with E-state index in [0.717, 1.165) is 12.8 Å². The molecule has 0 aromatic heterocycles. The van der Waals surface area contributed by atoms with Gasteiger partial charge in [0.05, 0.1) is 0 Å². The third-order valence-corrected chi connectivity index (χ3v) is 4.68. The molecule has 0 aliphatic heterocycles. The molecule has 24 heavy (non-hydrogen) atoms. The summed E-state index contributed by atoms with van der Waals surface area (Å²) in [7, 11) is 0. The average Bonchev–Trinajstić information content (AvgIpc) is 2.55. The number of hydrogen-bond donors (Lipinski definition) is 0. The monoisotopic (exact) mass is 320 g/mol. The van der Waals surface area contributed by atoms with Crippen LogP contribution in [0.4, 0.5) is 0 Å². The smallest absolute Gasteiger partial charge is 0.0219 e. The Morgan fingerprint density at radius 2 is 1.21 bits per heavy atom. The van der Waals surface area contributed by atoms with Gasteiger partial charge in [-0.05, 0) is 52.8 Å². The topological polar surface area (TPSA) is 0 Å². The molecule has 0 aliphatic carbocycles. The first-order valence-electron chi connectivity index (χ1n) is 9.31. The highest BCUT2D eigenvalue weighted by Gasteiger charge is 2.04. The molecule has 0 spiro atoms. The van der Waals surface area contributed by atoms with Crippen molar-refractivity contribution >= 4 is 6.08 Å². The van der Waals surface area contributed by atoms with E-state index in [4.69, 9.17) is 0 Å². The SMILES string of the molecule is CC(CC=Cc1ccc(C(C)C)cc1)Cc1ccc(C(C)C)cc1. The molecule has 0 radical (unpaired) electrons. The fourth-order valence-corrected chi connectivity index (χ4v) is 2.95. The highest BCUT2D eigenvalue weighted by Crippen LogP contribution is 2.19. The number of hydrogen-bond acceptors (Lipinski definition) is 0. The third kappa shape index (κ3) is 5.67. The van der Waals surface area contributed by atoms with Crippen LogP contribution in [0.25, 0.3) is 6.08 Å². The maximum absolute atomic E-state index is 2.34. The lowest BCUT2D eigenvalue weighted by atomic mass is 9.95. The maximum Gasteiger partial charge on any atom is -0.0219 e. The molecular weight excluding hydrogens is 288 g/mol. The van der Waals surface area contributed by atoms with Gasteiger partial charge in [0.1, 0.15) is 0 Å². The minimum atomic E-state index is 0.602. The van der Waals surface area contributed by atoms with Crippen LogP contribution in [0, 0.1) is 5.92 Å². The summed E-state index contributed by atoms with van der Waals surface area (Å²) in [5.41, 5.74) is 5.58. The van der Waals surface area contributed by atoms with Gasteiger partial charge in [0.25, 0.3) is 0 Å². The molecule has 1 atom stereocenters. The summed E-state index contributed by atoms with van der Waals surface area (Å²) in [6.07, 6.45) is 6.84. The van der Waals surface area contributed by atoms with Crippen molar-refractivity contribution in [3.8, 4) is 0 Å². The van der Waals surface area contributed by atoms with Crippen molar-refractivity contribution in [2.45, 2.75) is 59.3 Å². The van der Waals surface area contributed by atoms with Crippen LogP contribution in [-0.4, -0.2) is 0 Å². The van der Waals surface area contributed by atoms with Crippen molar-refractivity contribution in [1.82, 2.24) is 0 Å². The van der Waals surface area contributed by atoms with Crippen molar-refractivity contribution in [2.24, 2.45) is 5.92 Å². The quantitative estimate of drug-likeness (QED) is 0.505.